The van der Waals surface area contributed by atoms with Gasteiger partial charge in [0.1, 0.15) is 12.0 Å². The van der Waals surface area contributed by atoms with Gasteiger partial charge in [-0.3, -0.25) is 19.3 Å². The molecule has 1 fully saturated rings. The van der Waals surface area contributed by atoms with Gasteiger partial charge in [0.2, 0.25) is 5.43 Å². The molecule has 0 radical (unpaired) electrons. The third-order valence-corrected chi connectivity index (χ3v) is 5.52. The van der Waals surface area contributed by atoms with Gasteiger partial charge in [0.25, 0.3) is 5.91 Å². The van der Waals surface area contributed by atoms with Crippen LogP contribution in [0, 0.1) is 5.82 Å². The van der Waals surface area contributed by atoms with E-state index in [-0.39, 0.29) is 17.7 Å². The van der Waals surface area contributed by atoms with Crippen molar-refractivity contribution in [2.75, 3.05) is 12.1 Å². The zero-order valence-corrected chi connectivity index (χ0v) is 15.3. The van der Waals surface area contributed by atoms with Crippen molar-refractivity contribution in [1.29, 1.82) is 0 Å². The highest BCUT2D eigenvalue weighted by Crippen LogP contribution is 2.43. The second-order valence-corrected chi connectivity index (χ2v) is 7.17. The summed E-state index contributed by atoms with van der Waals surface area (Å²) in [5, 5.41) is 11.7. The van der Waals surface area contributed by atoms with Crippen LogP contribution in [0.3, 0.4) is 0 Å². The van der Waals surface area contributed by atoms with E-state index in [1.807, 2.05) is 0 Å². The van der Waals surface area contributed by atoms with E-state index >= 15 is 0 Å². The quantitative estimate of drug-likeness (QED) is 0.733. The minimum absolute atomic E-state index is 0.255. The van der Waals surface area contributed by atoms with Crippen molar-refractivity contribution in [3.05, 3.63) is 63.3 Å². The van der Waals surface area contributed by atoms with E-state index in [0.29, 0.717) is 18.9 Å². The lowest BCUT2D eigenvalue weighted by Gasteiger charge is -2.51. The van der Waals surface area contributed by atoms with Crippen molar-refractivity contribution >= 4 is 5.91 Å². The van der Waals surface area contributed by atoms with Crippen LogP contribution < -0.4 is 10.4 Å². The molecule has 2 unspecified atom stereocenters. The number of alkyl halides is 3. The molecule has 2 aromatic rings. The van der Waals surface area contributed by atoms with Gasteiger partial charge in [-0.15, -0.1) is 0 Å². The monoisotopic (exact) mass is 411 g/mol. The van der Waals surface area contributed by atoms with Gasteiger partial charge >= 0.3 is 6.18 Å². The molecule has 2 aliphatic heterocycles. The van der Waals surface area contributed by atoms with Crippen LogP contribution in [0.2, 0.25) is 0 Å². The van der Waals surface area contributed by atoms with Gasteiger partial charge in [-0.25, -0.2) is 4.39 Å². The molecule has 0 aliphatic carbocycles. The third kappa shape index (κ3) is 2.93. The lowest BCUT2D eigenvalue weighted by Crippen LogP contribution is -2.62. The van der Waals surface area contributed by atoms with Crippen molar-refractivity contribution in [3.8, 4) is 5.75 Å². The van der Waals surface area contributed by atoms with Crippen LogP contribution in [0.4, 0.5) is 17.6 Å². The molecule has 4 rings (SSSR count). The molecule has 10 heteroatoms. The average molecular weight is 411 g/mol. The summed E-state index contributed by atoms with van der Waals surface area (Å²) in [4.78, 5) is 25.8. The first-order valence-electron chi connectivity index (χ1n) is 8.98. The first kappa shape index (κ1) is 19.3. The first-order valence-corrected chi connectivity index (χ1v) is 8.98. The minimum Gasteiger partial charge on any atom is -0.502 e. The second-order valence-electron chi connectivity index (χ2n) is 7.17. The van der Waals surface area contributed by atoms with Crippen LogP contribution >= 0.6 is 0 Å². The second kappa shape index (κ2) is 6.50. The number of carbonyl (C=O) groups is 1. The summed E-state index contributed by atoms with van der Waals surface area (Å²) in [7, 11) is 1.46. The molecule has 3 heterocycles. The maximum Gasteiger partial charge on any atom is 0.416 e. The van der Waals surface area contributed by atoms with Gasteiger partial charge in [-0.1, -0.05) is 0 Å². The molecule has 1 aromatic heterocycles. The van der Waals surface area contributed by atoms with Gasteiger partial charge in [-0.2, -0.15) is 13.2 Å². The van der Waals surface area contributed by atoms with E-state index in [0.717, 1.165) is 18.2 Å². The van der Waals surface area contributed by atoms with Gasteiger partial charge in [0, 0.05) is 19.3 Å². The van der Waals surface area contributed by atoms with E-state index in [2.05, 4.69) is 0 Å². The Kier molecular flexibility index (Phi) is 4.32. The molecule has 2 atom stereocenters. The number of benzene rings is 1. The Balaban J connectivity index is 1.95. The summed E-state index contributed by atoms with van der Waals surface area (Å²) in [5.41, 5.74) is -2.31. The van der Waals surface area contributed by atoms with Crippen molar-refractivity contribution < 1.29 is 27.5 Å². The number of nitrogens with zero attached hydrogens (tertiary/aromatic N) is 3. The molecule has 0 saturated carbocycles. The molecular formula is C19H17F4N3O3. The fraction of sp³-hybridized carbons (Fsp3) is 0.368. The number of aromatic hydroxyl groups is 1. The van der Waals surface area contributed by atoms with Crippen LogP contribution in [0.25, 0.3) is 0 Å². The van der Waals surface area contributed by atoms with Crippen molar-refractivity contribution in [2.24, 2.45) is 0 Å². The standard InChI is InChI=1S/C19H17F4N3O3/c1-24-15-4-2-3-13(11-9-10(20)5-6-12(11)19(21,22)23)26(15)25-8-7-14(27)17(28)16(25)18(24)29/h5-9,13,15,28H,2-4H2,1H3. The predicted molar refractivity (Wildman–Crippen MR) is 94.5 cm³/mol. The van der Waals surface area contributed by atoms with Gasteiger partial charge in [0.15, 0.2) is 11.4 Å². The maximum absolute atomic E-state index is 13.9. The molecule has 0 bridgehead atoms. The highest BCUT2D eigenvalue weighted by Gasteiger charge is 2.45. The van der Waals surface area contributed by atoms with Gasteiger partial charge in [-0.05, 0) is 43.0 Å². The zero-order chi connectivity index (χ0) is 21.1. The normalized spacial score (nSPS) is 21.8. The topological polar surface area (TPSA) is 65.8 Å². The number of fused-ring (bicyclic) bond motifs is 3. The number of amides is 1. The molecule has 2 aliphatic rings. The fourth-order valence-electron chi connectivity index (χ4n) is 4.21. The molecule has 6 nitrogen and oxygen atoms in total. The van der Waals surface area contributed by atoms with Crippen molar-refractivity contribution in [2.45, 2.75) is 37.6 Å². The van der Waals surface area contributed by atoms with Crippen LogP contribution in [0.1, 0.15) is 46.9 Å². The Bertz CT molecular complexity index is 1050. The van der Waals surface area contributed by atoms with E-state index in [1.54, 1.807) is 0 Å². The molecule has 1 saturated heterocycles. The first-order chi connectivity index (χ1) is 13.6. The molecule has 1 N–H and O–H groups in total. The summed E-state index contributed by atoms with van der Waals surface area (Å²) in [5.74, 6) is -2.20. The lowest BCUT2D eigenvalue weighted by molar-refractivity contribution is -0.138. The number of hydrogen-bond donors (Lipinski definition) is 1. The number of hydrogen-bond acceptors (Lipinski definition) is 4. The summed E-state index contributed by atoms with van der Waals surface area (Å²) >= 11 is 0. The molecule has 154 valence electrons. The van der Waals surface area contributed by atoms with Gasteiger partial charge in [0.05, 0.1) is 11.6 Å². The SMILES string of the molecule is CN1C(=O)c2c(O)c(=O)ccn2N2C(c3cc(F)ccc3C(F)(F)F)CCCC12. The number of rotatable bonds is 1. The Morgan fingerprint density at radius 1 is 1.14 bits per heavy atom. The number of pyridine rings is 1. The average Bonchev–Trinajstić information content (AvgIpc) is 2.66. The lowest BCUT2D eigenvalue weighted by atomic mass is 9.90. The van der Waals surface area contributed by atoms with Crippen molar-refractivity contribution in [3.63, 3.8) is 0 Å². The van der Waals surface area contributed by atoms with Crippen LogP contribution in [0.15, 0.2) is 35.3 Å². The van der Waals surface area contributed by atoms with Crippen LogP contribution in [0.5, 0.6) is 5.75 Å². The predicted octanol–water partition coefficient (Wildman–Crippen LogP) is 2.99. The van der Waals surface area contributed by atoms with Crippen molar-refractivity contribution in [1.82, 2.24) is 9.58 Å². The molecule has 1 amide bonds. The Labute approximate surface area is 162 Å². The summed E-state index contributed by atoms with van der Waals surface area (Å²) in [6.07, 6.45) is -2.79. The van der Waals surface area contributed by atoms with E-state index in [1.165, 1.54) is 27.8 Å². The summed E-state index contributed by atoms with van der Waals surface area (Å²) in [6.45, 7) is 0. The molecule has 29 heavy (non-hydrogen) atoms. The van der Waals surface area contributed by atoms with Gasteiger partial charge < -0.3 is 10.0 Å². The Morgan fingerprint density at radius 2 is 1.86 bits per heavy atom. The Hall–Kier alpha value is -3.04. The third-order valence-electron chi connectivity index (χ3n) is 5.52. The van der Waals surface area contributed by atoms with E-state index in [9.17, 15) is 32.3 Å². The number of aromatic nitrogens is 1. The molecular weight excluding hydrogens is 394 g/mol. The van der Waals surface area contributed by atoms with E-state index in [4.69, 9.17) is 0 Å². The number of halogens is 4. The summed E-state index contributed by atoms with van der Waals surface area (Å²) < 4.78 is 56.0. The fourth-order valence-corrected chi connectivity index (χ4v) is 4.21. The highest BCUT2D eigenvalue weighted by atomic mass is 19.4. The number of piperidine rings is 1. The zero-order valence-electron chi connectivity index (χ0n) is 15.3. The number of carbonyl (C=O) groups excluding carboxylic acids is 1. The summed E-state index contributed by atoms with van der Waals surface area (Å²) in [6, 6.07) is 2.44. The molecule has 1 aromatic carbocycles. The largest absolute Gasteiger partial charge is 0.502 e. The Morgan fingerprint density at radius 3 is 2.55 bits per heavy atom. The van der Waals surface area contributed by atoms with Crippen LogP contribution in [-0.2, 0) is 6.18 Å². The highest BCUT2D eigenvalue weighted by molar-refractivity contribution is 5.96. The van der Waals surface area contributed by atoms with Crippen LogP contribution in [-0.4, -0.2) is 33.8 Å². The maximum atomic E-state index is 13.9. The minimum atomic E-state index is -4.69. The smallest absolute Gasteiger partial charge is 0.416 e. The molecule has 0 spiro atoms. The van der Waals surface area contributed by atoms with E-state index < -0.39 is 46.9 Å².